The predicted octanol–water partition coefficient (Wildman–Crippen LogP) is 5.64. The Balaban J connectivity index is 1.84. The summed E-state index contributed by atoms with van der Waals surface area (Å²) in [5, 5.41) is 9.41. The quantitative estimate of drug-likeness (QED) is 0.441. The third kappa shape index (κ3) is 5.36. The second kappa shape index (κ2) is 9.88. The molecule has 0 radical (unpaired) electrons. The zero-order valence-corrected chi connectivity index (χ0v) is 18.5. The SMILES string of the molecule is CCCC[C@H]1S/C(=N\N=C/c2ccc(C)cc2C)N(Cc2ccccc2C)C1=O. The Kier molecular flexibility index (Phi) is 7.26. The predicted molar refractivity (Wildman–Crippen MR) is 124 cm³/mol. The van der Waals surface area contributed by atoms with E-state index in [1.165, 1.54) is 16.7 Å². The molecule has 5 heteroatoms. The van der Waals surface area contributed by atoms with Crippen molar-refractivity contribution in [3.05, 3.63) is 70.3 Å². The molecule has 0 N–H and O–H groups in total. The monoisotopic (exact) mass is 407 g/mol. The van der Waals surface area contributed by atoms with Gasteiger partial charge >= 0.3 is 0 Å². The Bertz CT molecular complexity index is 935. The fourth-order valence-electron chi connectivity index (χ4n) is 3.37. The van der Waals surface area contributed by atoms with Crippen LogP contribution in [0.4, 0.5) is 0 Å². The maximum Gasteiger partial charge on any atom is 0.242 e. The molecule has 1 aliphatic rings. The molecule has 2 aromatic carbocycles. The van der Waals surface area contributed by atoms with Crippen LogP contribution in [0.1, 0.15) is 54.0 Å². The van der Waals surface area contributed by atoms with E-state index in [0.29, 0.717) is 11.7 Å². The van der Waals surface area contributed by atoms with Gasteiger partial charge in [0, 0.05) is 0 Å². The van der Waals surface area contributed by atoms with Crippen LogP contribution in [0.2, 0.25) is 0 Å². The number of nitrogens with zero attached hydrogens (tertiary/aromatic N) is 3. The number of amides is 1. The highest BCUT2D eigenvalue weighted by Gasteiger charge is 2.37. The van der Waals surface area contributed by atoms with Crippen LogP contribution in [0.25, 0.3) is 0 Å². The van der Waals surface area contributed by atoms with Gasteiger partial charge in [0.05, 0.1) is 18.0 Å². The number of carbonyl (C=O) groups is 1. The van der Waals surface area contributed by atoms with E-state index in [0.717, 1.165) is 30.4 Å². The van der Waals surface area contributed by atoms with Crippen molar-refractivity contribution in [2.45, 2.75) is 58.8 Å². The third-order valence-corrected chi connectivity index (χ3v) is 6.43. The van der Waals surface area contributed by atoms with Crippen molar-refractivity contribution in [3.63, 3.8) is 0 Å². The number of hydrogen-bond acceptors (Lipinski definition) is 4. The van der Waals surface area contributed by atoms with Gasteiger partial charge in [-0.25, -0.2) is 0 Å². The Morgan fingerprint density at radius 1 is 1.10 bits per heavy atom. The average Bonchev–Trinajstić information content (AvgIpc) is 2.99. The maximum absolute atomic E-state index is 13.0. The van der Waals surface area contributed by atoms with E-state index in [9.17, 15) is 4.79 Å². The van der Waals surface area contributed by atoms with Crippen LogP contribution in [0.5, 0.6) is 0 Å². The first-order chi connectivity index (χ1) is 14.0. The van der Waals surface area contributed by atoms with Crippen molar-refractivity contribution in [2.75, 3.05) is 0 Å². The van der Waals surface area contributed by atoms with Crippen LogP contribution in [-0.4, -0.2) is 27.4 Å². The molecular weight excluding hydrogens is 378 g/mol. The lowest BCUT2D eigenvalue weighted by molar-refractivity contribution is -0.126. The summed E-state index contributed by atoms with van der Waals surface area (Å²) in [6, 6.07) is 14.4. The van der Waals surface area contributed by atoms with Gasteiger partial charge in [0.1, 0.15) is 0 Å². The second-order valence-corrected chi connectivity index (χ2v) is 8.76. The summed E-state index contributed by atoms with van der Waals surface area (Å²) in [6.07, 6.45) is 4.78. The zero-order chi connectivity index (χ0) is 20.8. The molecule has 0 bridgehead atoms. The van der Waals surface area contributed by atoms with Crippen molar-refractivity contribution >= 4 is 29.1 Å². The van der Waals surface area contributed by atoms with Crippen molar-refractivity contribution < 1.29 is 4.79 Å². The lowest BCUT2D eigenvalue weighted by Gasteiger charge is -2.17. The number of rotatable bonds is 7. The van der Waals surface area contributed by atoms with E-state index >= 15 is 0 Å². The smallest absolute Gasteiger partial charge is 0.242 e. The molecule has 1 heterocycles. The minimum Gasteiger partial charge on any atom is -0.284 e. The van der Waals surface area contributed by atoms with Gasteiger partial charge in [0.2, 0.25) is 5.91 Å². The van der Waals surface area contributed by atoms with Gasteiger partial charge in [-0.1, -0.05) is 79.6 Å². The molecule has 1 saturated heterocycles. The normalized spacial score (nSPS) is 18.3. The maximum atomic E-state index is 13.0. The van der Waals surface area contributed by atoms with Gasteiger partial charge in [-0.2, -0.15) is 5.10 Å². The molecule has 152 valence electrons. The van der Waals surface area contributed by atoms with Crippen molar-refractivity contribution in [1.29, 1.82) is 0 Å². The average molecular weight is 408 g/mol. The van der Waals surface area contributed by atoms with Crippen LogP contribution in [0, 0.1) is 20.8 Å². The lowest BCUT2D eigenvalue weighted by Crippen LogP contribution is -2.31. The molecule has 1 atom stereocenters. The van der Waals surface area contributed by atoms with Gasteiger partial charge in [-0.05, 0) is 49.4 Å². The Hall–Kier alpha value is -2.40. The molecule has 0 spiro atoms. The standard InChI is InChI=1S/C24H29N3OS/c1-5-6-11-22-23(28)27(16-21-10-8-7-9-18(21)3)24(29-22)26-25-15-20-13-12-17(2)14-19(20)4/h7-10,12-15,22H,5-6,11,16H2,1-4H3/b25-15-,26-24-/t22-/m1/s1. The largest absolute Gasteiger partial charge is 0.284 e. The fraction of sp³-hybridized carbons (Fsp3) is 0.375. The molecule has 0 aromatic heterocycles. The minimum atomic E-state index is -0.0611. The topological polar surface area (TPSA) is 45.0 Å². The van der Waals surface area contributed by atoms with E-state index in [-0.39, 0.29) is 11.2 Å². The minimum absolute atomic E-state index is 0.0611. The lowest BCUT2D eigenvalue weighted by atomic mass is 10.1. The van der Waals surface area contributed by atoms with E-state index in [1.807, 2.05) is 12.1 Å². The number of thioether (sulfide) groups is 1. The summed E-state index contributed by atoms with van der Waals surface area (Å²) in [5.74, 6) is 0.146. The number of aryl methyl sites for hydroxylation is 3. The number of carbonyl (C=O) groups excluding carboxylic acids is 1. The second-order valence-electron chi connectivity index (χ2n) is 7.59. The summed E-state index contributed by atoms with van der Waals surface area (Å²) < 4.78 is 0. The van der Waals surface area contributed by atoms with Crippen molar-refractivity contribution in [2.24, 2.45) is 10.2 Å². The summed E-state index contributed by atoms with van der Waals surface area (Å²) in [5.41, 5.74) is 5.76. The van der Waals surface area contributed by atoms with Crippen molar-refractivity contribution in [1.82, 2.24) is 4.90 Å². The molecule has 3 rings (SSSR count). The number of benzene rings is 2. The number of unbranched alkanes of at least 4 members (excludes halogenated alkanes) is 1. The highest BCUT2D eigenvalue weighted by molar-refractivity contribution is 8.15. The fourth-order valence-corrected chi connectivity index (χ4v) is 4.52. The highest BCUT2D eigenvalue weighted by Crippen LogP contribution is 2.32. The Labute approximate surface area is 178 Å². The number of hydrogen-bond donors (Lipinski definition) is 0. The molecule has 2 aromatic rings. The van der Waals surface area contributed by atoms with Crippen LogP contribution in [0.15, 0.2) is 52.7 Å². The first kappa shape index (κ1) is 21.3. The Morgan fingerprint density at radius 3 is 2.62 bits per heavy atom. The van der Waals surface area contributed by atoms with Gasteiger partial charge in [-0.15, -0.1) is 5.10 Å². The molecule has 0 unspecified atom stereocenters. The molecule has 1 fully saturated rings. The van der Waals surface area contributed by atoms with E-state index in [1.54, 1.807) is 22.9 Å². The molecule has 1 aliphatic heterocycles. The van der Waals surface area contributed by atoms with Crippen LogP contribution >= 0.6 is 11.8 Å². The third-order valence-electron chi connectivity index (χ3n) is 5.20. The summed E-state index contributed by atoms with van der Waals surface area (Å²) in [7, 11) is 0. The first-order valence-corrected chi connectivity index (χ1v) is 11.1. The first-order valence-electron chi connectivity index (χ1n) is 10.2. The summed E-state index contributed by atoms with van der Waals surface area (Å²) in [6.45, 7) is 8.92. The van der Waals surface area contributed by atoms with Gasteiger partial charge in [0.25, 0.3) is 0 Å². The number of amidine groups is 1. The molecule has 4 nitrogen and oxygen atoms in total. The summed E-state index contributed by atoms with van der Waals surface area (Å²) in [4.78, 5) is 14.8. The molecule has 1 amide bonds. The molecular formula is C24H29N3OS. The van der Waals surface area contributed by atoms with Gasteiger partial charge < -0.3 is 0 Å². The molecule has 0 aliphatic carbocycles. The van der Waals surface area contributed by atoms with Crippen molar-refractivity contribution in [3.8, 4) is 0 Å². The van der Waals surface area contributed by atoms with Crippen LogP contribution in [0.3, 0.4) is 0 Å². The van der Waals surface area contributed by atoms with Gasteiger partial charge in [-0.3, -0.25) is 9.69 Å². The van der Waals surface area contributed by atoms with Gasteiger partial charge in [0.15, 0.2) is 5.17 Å². The van der Waals surface area contributed by atoms with Crippen LogP contribution in [-0.2, 0) is 11.3 Å². The Morgan fingerprint density at radius 2 is 1.90 bits per heavy atom. The van der Waals surface area contributed by atoms with E-state index < -0.39 is 0 Å². The zero-order valence-electron chi connectivity index (χ0n) is 17.7. The van der Waals surface area contributed by atoms with E-state index in [2.05, 4.69) is 68.2 Å². The van der Waals surface area contributed by atoms with Crippen LogP contribution < -0.4 is 0 Å². The molecule has 29 heavy (non-hydrogen) atoms. The summed E-state index contributed by atoms with van der Waals surface area (Å²) >= 11 is 1.55. The van der Waals surface area contributed by atoms with E-state index in [4.69, 9.17) is 0 Å². The molecule has 0 saturated carbocycles. The highest BCUT2D eigenvalue weighted by atomic mass is 32.2.